The summed E-state index contributed by atoms with van der Waals surface area (Å²) in [5.41, 5.74) is 0.141. The summed E-state index contributed by atoms with van der Waals surface area (Å²) in [4.78, 5) is 11.7. The lowest BCUT2D eigenvalue weighted by Crippen LogP contribution is -2.20. The number of hydrogen-bond donors (Lipinski definition) is 0. The van der Waals surface area contributed by atoms with Crippen molar-refractivity contribution in [2.45, 2.75) is 0 Å². The van der Waals surface area contributed by atoms with Crippen LogP contribution >= 0.6 is 23.2 Å². The lowest BCUT2D eigenvalue weighted by molar-refractivity contribution is 0.411. The first-order valence-electron chi connectivity index (χ1n) is 4.71. The molecule has 0 saturated carbocycles. The van der Waals surface area contributed by atoms with Gasteiger partial charge in [-0.3, -0.25) is 4.79 Å². The van der Waals surface area contributed by atoms with Gasteiger partial charge in [-0.2, -0.15) is 9.78 Å². The lowest BCUT2D eigenvalue weighted by Gasteiger charge is -2.09. The van der Waals surface area contributed by atoms with E-state index in [1.807, 2.05) is 0 Å². The highest BCUT2D eigenvalue weighted by Gasteiger charge is 2.09. The van der Waals surface area contributed by atoms with Crippen molar-refractivity contribution >= 4 is 23.2 Å². The van der Waals surface area contributed by atoms with Gasteiger partial charge in [-0.1, -0.05) is 23.2 Å². The lowest BCUT2D eigenvalue weighted by atomic mass is 10.3. The maximum Gasteiger partial charge on any atom is 0.271 e. The predicted octanol–water partition coefficient (Wildman–Crippen LogP) is 2.55. The van der Waals surface area contributed by atoms with Gasteiger partial charge >= 0.3 is 0 Å². The summed E-state index contributed by atoms with van der Waals surface area (Å²) in [5.74, 6) is 0.492. The van der Waals surface area contributed by atoms with E-state index in [-0.39, 0.29) is 10.7 Å². The average molecular weight is 271 g/mol. The summed E-state index contributed by atoms with van der Waals surface area (Å²) in [6.07, 6.45) is 0. The second-order valence-corrected chi connectivity index (χ2v) is 4.05. The summed E-state index contributed by atoms with van der Waals surface area (Å²) in [6, 6.07) is 7.67. The van der Waals surface area contributed by atoms with Crippen LogP contribution in [0.5, 0.6) is 5.75 Å². The Morgan fingerprint density at radius 2 is 2.00 bits per heavy atom. The first-order chi connectivity index (χ1) is 8.11. The van der Waals surface area contributed by atoms with E-state index in [0.29, 0.717) is 16.5 Å². The van der Waals surface area contributed by atoms with Gasteiger partial charge in [0.25, 0.3) is 5.56 Å². The van der Waals surface area contributed by atoms with Crippen molar-refractivity contribution in [1.29, 1.82) is 0 Å². The molecule has 2 aromatic rings. The highest BCUT2D eigenvalue weighted by molar-refractivity contribution is 6.30. The molecule has 2 rings (SSSR count). The van der Waals surface area contributed by atoms with Crippen molar-refractivity contribution in [3.05, 3.63) is 50.9 Å². The number of methoxy groups -OCH3 is 1. The molecule has 4 nitrogen and oxygen atoms in total. The second kappa shape index (κ2) is 4.77. The van der Waals surface area contributed by atoms with E-state index < -0.39 is 0 Å². The second-order valence-electron chi connectivity index (χ2n) is 3.22. The Balaban J connectivity index is 2.71. The highest BCUT2D eigenvalue weighted by Crippen LogP contribution is 2.24. The molecule has 0 atom stereocenters. The number of halogens is 2. The van der Waals surface area contributed by atoms with Crippen molar-refractivity contribution in [3.63, 3.8) is 0 Å². The number of rotatable bonds is 2. The van der Waals surface area contributed by atoms with Crippen LogP contribution in [0.2, 0.25) is 10.2 Å². The van der Waals surface area contributed by atoms with Gasteiger partial charge in [0.15, 0.2) is 0 Å². The van der Waals surface area contributed by atoms with Crippen LogP contribution in [0.25, 0.3) is 5.69 Å². The van der Waals surface area contributed by atoms with Crippen LogP contribution in [-0.4, -0.2) is 16.9 Å². The largest absolute Gasteiger partial charge is 0.494 e. The van der Waals surface area contributed by atoms with E-state index in [4.69, 9.17) is 27.9 Å². The average Bonchev–Trinajstić information content (AvgIpc) is 2.32. The third kappa shape index (κ3) is 2.43. The van der Waals surface area contributed by atoms with Crippen LogP contribution in [0.4, 0.5) is 0 Å². The van der Waals surface area contributed by atoms with Gasteiger partial charge in [0, 0.05) is 11.1 Å². The Morgan fingerprint density at radius 1 is 1.24 bits per heavy atom. The Bertz CT molecular complexity index is 611. The molecule has 1 aromatic carbocycles. The normalized spacial score (nSPS) is 10.3. The number of ether oxygens (including phenoxy) is 1. The Hall–Kier alpha value is -1.52. The molecule has 0 spiro atoms. The number of aromatic nitrogens is 2. The van der Waals surface area contributed by atoms with E-state index in [9.17, 15) is 4.79 Å². The maximum atomic E-state index is 11.7. The zero-order chi connectivity index (χ0) is 12.4. The van der Waals surface area contributed by atoms with Crippen molar-refractivity contribution in [1.82, 2.24) is 9.78 Å². The molecule has 0 radical (unpaired) electrons. The third-order valence-corrected chi connectivity index (χ3v) is 2.57. The van der Waals surface area contributed by atoms with Gasteiger partial charge in [-0.15, -0.1) is 0 Å². The summed E-state index contributed by atoms with van der Waals surface area (Å²) in [7, 11) is 1.50. The number of nitrogens with zero attached hydrogens (tertiary/aromatic N) is 2. The van der Waals surface area contributed by atoms with Crippen molar-refractivity contribution in [2.24, 2.45) is 0 Å². The SMILES string of the molecule is COc1ccc(Cl)cc1-n1nc(Cl)ccc1=O. The summed E-state index contributed by atoms with van der Waals surface area (Å²) >= 11 is 11.6. The van der Waals surface area contributed by atoms with Crippen molar-refractivity contribution in [3.8, 4) is 11.4 Å². The molecule has 0 bridgehead atoms. The monoisotopic (exact) mass is 270 g/mol. The van der Waals surface area contributed by atoms with Gasteiger partial charge in [-0.25, -0.2) is 0 Å². The van der Waals surface area contributed by atoms with Crippen LogP contribution in [-0.2, 0) is 0 Å². The zero-order valence-electron chi connectivity index (χ0n) is 8.85. The van der Waals surface area contributed by atoms with Gasteiger partial charge < -0.3 is 4.74 Å². The maximum absolute atomic E-state index is 11.7. The number of hydrogen-bond acceptors (Lipinski definition) is 3. The zero-order valence-corrected chi connectivity index (χ0v) is 10.4. The van der Waals surface area contributed by atoms with Gasteiger partial charge in [-0.05, 0) is 24.3 Å². The van der Waals surface area contributed by atoms with Gasteiger partial charge in [0.1, 0.15) is 16.6 Å². The quantitative estimate of drug-likeness (QED) is 0.843. The summed E-state index contributed by atoms with van der Waals surface area (Å²) in [5, 5.41) is 4.62. The fourth-order valence-electron chi connectivity index (χ4n) is 1.39. The van der Waals surface area contributed by atoms with Crippen LogP contribution in [0.15, 0.2) is 35.1 Å². The first kappa shape index (κ1) is 12.0. The minimum absolute atomic E-state index is 0.214. The Labute approximate surface area is 107 Å². The number of benzene rings is 1. The fourth-order valence-corrected chi connectivity index (χ4v) is 1.69. The molecular weight excluding hydrogens is 263 g/mol. The highest BCUT2D eigenvalue weighted by atomic mass is 35.5. The molecule has 0 N–H and O–H groups in total. The Morgan fingerprint density at radius 3 is 2.71 bits per heavy atom. The molecule has 1 heterocycles. The van der Waals surface area contributed by atoms with Crippen LogP contribution in [0.1, 0.15) is 0 Å². The molecule has 0 aliphatic heterocycles. The minimum atomic E-state index is -0.310. The summed E-state index contributed by atoms with van der Waals surface area (Å²) in [6.45, 7) is 0. The predicted molar refractivity (Wildman–Crippen MR) is 66.4 cm³/mol. The molecule has 0 aliphatic rings. The van der Waals surface area contributed by atoms with Crippen LogP contribution in [0, 0.1) is 0 Å². The van der Waals surface area contributed by atoms with Gasteiger partial charge in [0.2, 0.25) is 0 Å². The smallest absolute Gasteiger partial charge is 0.271 e. The van der Waals surface area contributed by atoms with E-state index >= 15 is 0 Å². The van der Waals surface area contributed by atoms with Crippen molar-refractivity contribution in [2.75, 3.05) is 7.11 Å². The van der Waals surface area contributed by atoms with Crippen molar-refractivity contribution < 1.29 is 4.74 Å². The van der Waals surface area contributed by atoms with Crippen LogP contribution < -0.4 is 10.3 Å². The molecule has 6 heteroatoms. The van der Waals surface area contributed by atoms with E-state index in [2.05, 4.69) is 5.10 Å². The first-order valence-corrected chi connectivity index (χ1v) is 5.47. The van der Waals surface area contributed by atoms with E-state index in [0.717, 1.165) is 4.68 Å². The molecule has 0 aliphatic carbocycles. The molecule has 0 fully saturated rings. The molecule has 17 heavy (non-hydrogen) atoms. The Kier molecular flexibility index (Phi) is 3.36. The molecule has 0 amide bonds. The molecule has 0 unspecified atom stereocenters. The topological polar surface area (TPSA) is 44.1 Å². The standard InChI is InChI=1S/C11H8Cl2N2O2/c1-17-9-3-2-7(12)6-8(9)15-11(16)5-4-10(13)14-15/h2-6H,1H3. The third-order valence-electron chi connectivity index (χ3n) is 2.14. The minimum Gasteiger partial charge on any atom is -0.494 e. The molecule has 0 saturated heterocycles. The van der Waals surface area contributed by atoms with Gasteiger partial charge in [0.05, 0.1) is 7.11 Å². The molecule has 88 valence electrons. The molecule has 1 aromatic heterocycles. The summed E-state index contributed by atoms with van der Waals surface area (Å²) < 4.78 is 6.29. The van der Waals surface area contributed by atoms with E-state index in [1.54, 1.807) is 18.2 Å². The van der Waals surface area contributed by atoms with E-state index in [1.165, 1.54) is 19.2 Å². The van der Waals surface area contributed by atoms with Crippen LogP contribution in [0.3, 0.4) is 0 Å². The fraction of sp³-hybridized carbons (Fsp3) is 0.0909. The molecular formula is C11H8Cl2N2O2.